The van der Waals surface area contributed by atoms with Crippen LogP contribution in [-0.4, -0.2) is 17.0 Å². The lowest BCUT2D eigenvalue weighted by molar-refractivity contribution is -0.139. The van der Waals surface area contributed by atoms with Gasteiger partial charge in [0.05, 0.1) is 6.42 Å². The third kappa shape index (κ3) is 5.27. The van der Waals surface area contributed by atoms with Gasteiger partial charge in [-0.1, -0.05) is 36.9 Å². The van der Waals surface area contributed by atoms with E-state index < -0.39 is 5.97 Å². The van der Waals surface area contributed by atoms with E-state index >= 15 is 0 Å². The maximum absolute atomic E-state index is 11.2. The zero-order valence-electron chi connectivity index (χ0n) is 9.98. The lowest BCUT2D eigenvalue weighted by Crippen LogP contribution is -2.36. The number of rotatable bonds is 7. The van der Waals surface area contributed by atoms with Crippen molar-refractivity contribution < 1.29 is 14.7 Å². The summed E-state index contributed by atoms with van der Waals surface area (Å²) in [6, 6.07) is 7.70. The summed E-state index contributed by atoms with van der Waals surface area (Å²) in [7, 11) is 0. The van der Waals surface area contributed by atoms with Crippen LogP contribution in [0.25, 0.3) is 6.08 Å². The maximum Gasteiger partial charge on any atom is 0.303 e. The predicted octanol–water partition coefficient (Wildman–Crippen LogP) is 1.32. The zero-order chi connectivity index (χ0) is 13.4. The van der Waals surface area contributed by atoms with Gasteiger partial charge in [0.15, 0.2) is 0 Å². The molecule has 0 atom stereocenters. The molecular formula is C13H16N2O3. The molecule has 1 aromatic carbocycles. The van der Waals surface area contributed by atoms with Crippen molar-refractivity contribution in [1.29, 1.82) is 0 Å². The first-order valence-corrected chi connectivity index (χ1v) is 5.56. The second-order valence-electron chi connectivity index (χ2n) is 3.74. The van der Waals surface area contributed by atoms with Crippen molar-refractivity contribution in [1.82, 2.24) is 10.9 Å². The van der Waals surface area contributed by atoms with Crippen LogP contribution in [0.1, 0.15) is 24.0 Å². The van der Waals surface area contributed by atoms with Crippen molar-refractivity contribution in [2.24, 2.45) is 0 Å². The fourth-order valence-electron chi connectivity index (χ4n) is 1.30. The zero-order valence-corrected chi connectivity index (χ0v) is 9.98. The molecule has 0 saturated carbocycles. The average molecular weight is 248 g/mol. The molecule has 0 saturated heterocycles. The van der Waals surface area contributed by atoms with Crippen molar-refractivity contribution in [2.45, 2.75) is 19.4 Å². The highest BCUT2D eigenvalue weighted by molar-refractivity contribution is 5.80. The first kappa shape index (κ1) is 13.9. The van der Waals surface area contributed by atoms with Gasteiger partial charge in [0.25, 0.3) is 0 Å². The number of hydrogen-bond acceptors (Lipinski definition) is 3. The Labute approximate surface area is 105 Å². The molecule has 1 amide bonds. The highest BCUT2D eigenvalue weighted by Crippen LogP contribution is 2.04. The van der Waals surface area contributed by atoms with Crippen LogP contribution in [0.2, 0.25) is 0 Å². The monoisotopic (exact) mass is 248 g/mol. The van der Waals surface area contributed by atoms with Crippen molar-refractivity contribution in [2.75, 3.05) is 0 Å². The van der Waals surface area contributed by atoms with E-state index in [0.717, 1.165) is 11.1 Å². The van der Waals surface area contributed by atoms with Crippen LogP contribution in [0.15, 0.2) is 30.8 Å². The Morgan fingerprint density at radius 1 is 1.22 bits per heavy atom. The van der Waals surface area contributed by atoms with Crippen LogP contribution in [0.4, 0.5) is 0 Å². The maximum atomic E-state index is 11.2. The first-order chi connectivity index (χ1) is 8.61. The summed E-state index contributed by atoms with van der Waals surface area (Å²) in [5.74, 6) is -1.31. The Morgan fingerprint density at radius 3 is 2.44 bits per heavy atom. The van der Waals surface area contributed by atoms with Gasteiger partial charge in [-0.2, -0.15) is 0 Å². The molecule has 0 fully saturated rings. The van der Waals surface area contributed by atoms with Crippen molar-refractivity contribution in [3.63, 3.8) is 0 Å². The van der Waals surface area contributed by atoms with Crippen LogP contribution in [0, 0.1) is 0 Å². The molecule has 3 N–H and O–H groups in total. The topological polar surface area (TPSA) is 78.4 Å². The van der Waals surface area contributed by atoms with E-state index in [9.17, 15) is 9.59 Å². The molecule has 0 radical (unpaired) electrons. The lowest BCUT2D eigenvalue weighted by Gasteiger charge is -2.06. The standard InChI is InChI=1S/C13H16N2O3/c1-2-10-3-5-11(6-4-10)9-14-15-12(16)7-8-13(17)18/h2-6,14H,1,7-9H2,(H,15,16)(H,17,18). The third-order valence-corrected chi connectivity index (χ3v) is 2.30. The van der Waals surface area contributed by atoms with E-state index in [2.05, 4.69) is 17.4 Å². The SMILES string of the molecule is C=Cc1ccc(CNNC(=O)CCC(=O)O)cc1. The number of hydrazine groups is 1. The second-order valence-corrected chi connectivity index (χ2v) is 3.74. The molecule has 96 valence electrons. The highest BCUT2D eigenvalue weighted by atomic mass is 16.4. The number of aliphatic carboxylic acids is 1. The van der Waals surface area contributed by atoms with Gasteiger partial charge in [0.2, 0.25) is 5.91 Å². The predicted molar refractivity (Wildman–Crippen MR) is 68.4 cm³/mol. The first-order valence-electron chi connectivity index (χ1n) is 5.56. The van der Waals surface area contributed by atoms with E-state index in [1.165, 1.54) is 0 Å². The molecular weight excluding hydrogens is 232 g/mol. The minimum atomic E-state index is -0.981. The molecule has 0 heterocycles. The molecule has 18 heavy (non-hydrogen) atoms. The smallest absolute Gasteiger partial charge is 0.303 e. The van der Waals surface area contributed by atoms with Crippen LogP contribution in [-0.2, 0) is 16.1 Å². The van der Waals surface area contributed by atoms with Crippen molar-refractivity contribution in [3.05, 3.63) is 42.0 Å². The lowest BCUT2D eigenvalue weighted by atomic mass is 10.1. The van der Waals surface area contributed by atoms with E-state index in [0.29, 0.717) is 6.54 Å². The van der Waals surface area contributed by atoms with Gasteiger partial charge >= 0.3 is 5.97 Å². The van der Waals surface area contributed by atoms with Crippen molar-refractivity contribution in [3.8, 4) is 0 Å². The van der Waals surface area contributed by atoms with Crippen LogP contribution in [0.5, 0.6) is 0 Å². The van der Waals surface area contributed by atoms with Crippen LogP contribution >= 0.6 is 0 Å². The number of nitrogens with one attached hydrogen (secondary N) is 2. The van der Waals surface area contributed by atoms with E-state index in [1.807, 2.05) is 24.3 Å². The Bertz CT molecular complexity index is 426. The molecule has 0 aliphatic rings. The minimum Gasteiger partial charge on any atom is -0.481 e. The molecule has 1 rings (SSSR count). The summed E-state index contributed by atoms with van der Waals surface area (Å²) in [5.41, 5.74) is 7.23. The normalized spacial score (nSPS) is 9.78. The Kier molecular flexibility index (Phi) is 5.60. The quantitative estimate of drug-likeness (QED) is 0.636. The molecule has 5 nitrogen and oxygen atoms in total. The van der Waals surface area contributed by atoms with Gasteiger partial charge in [0, 0.05) is 13.0 Å². The van der Waals surface area contributed by atoms with Gasteiger partial charge < -0.3 is 5.11 Å². The number of benzene rings is 1. The molecule has 5 heteroatoms. The van der Waals surface area contributed by atoms with Crippen molar-refractivity contribution >= 4 is 18.0 Å². The summed E-state index contributed by atoms with van der Waals surface area (Å²) in [6.45, 7) is 4.14. The third-order valence-electron chi connectivity index (χ3n) is 2.30. The van der Waals surface area contributed by atoms with E-state index in [1.54, 1.807) is 6.08 Å². The fraction of sp³-hybridized carbons (Fsp3) is 0.231. The molecule has 0 unspecified atom stereocenters. The summed E-state index contributed by atoms with van der Waals surface area (Å²) >= 11 is 0. The molecule has 0 aromatic heterocycles. The Balaban J connectivity index is 2.26. The highest BCUT2D eigenvalue weighted by Gasteiger charge is 2.04. The summed E-state index contributed by atoms with van der Waals surface area (Å²) in [4.78, 5) is 21.4. The molecule has 0 aliphatic heterocycles. The number of carbonyl (C=O) groups is 2. The molecule has 0 bridgehead atoms. The summed E-state index contributed by atoms with van der Waals surface area (Å²) in [5, 5.41) is 8.41. The van der Waals surface area contributed by atoms with Crippen LogP contribution in [0.3, 0.4) is 0 Å². The number of carboxylic acids is 1. The number of amides is 1. The number of carboxylic acid groups (broad SMARTS) is 1. The van der Waals surface area contributed by atoms with Gasteiger partial charge in [-0.05, 0) is 11.1 Å². The fourth-order valence-corrected chi connectivity index (χ4v) is 1.30. The average Bonchev–Trinajstić information content (AvgIpc) is 2.37. The Morgan fingerprint density at radius 2 is 1.89 bits per heavy atom. The largest absolute Gasteiger partial charge is 0.481 e. The van der Waals surface area contributed by atoms with Gasteiger partial charge in [-0.3, -0.25) is 15.0 Å². The molecule has 0 aliphatic carbocycles. The Hall–Kier alpha value is -2.14. The molecule has 1 aromatic rings. The van der Waals surface area contributed by atoms with E-state index in [-0.39, 0.29) is 18.7 Å². The summed E-state index contributed by atoms with van der Waals surface area (Å²) < 4.78 is 0. The van der Waals surface area contributed by atoms with Gasteiger partial charge in [-0.15, -0.1) is 0 Å². The minimum absolute atomic E-state index is 0.0300. The van der Waals surface area contributed by atoms with Crippen LogP contribution < -0.4 is 10.9 Å². The van der Waals surface area contributed by atoms with Gasteiger partial charge in [0.1, 0.15) is 0 Å². The molecule has 0 spiro atoms. The second kappa shape index (κ2) is 7.24. The number of hydrogen-bond donors (Lipinski definition) is 3. The summed E-state index contributed by atoms with van der Waals surface area (Å²) in [6.07, 6.45) is 1.56. The van der Waals surface area contributed by atoms with Gasteiger partial charge in [-0.25, -0.2) is 5.43 Å². The van der Waals surface area contributed by atoms with E-state index in [4.69, 9.17) is 5.11 Å². The number of carbonyl (C=O) groups excluding carboxylic acids is 1.